The Morgan fingerprint density at radius 2 is 1.78 bits per heavy atom. The van der Waals surface area contributed by atoms with Gasteiger partial charge in [-0.1, -0.05) is 11.8 Å². The second-order valence-electron chi connectivity index (χ2n) is 7.96. The number of aromatic nitrogens is 5. The minimum absolute atomic E-state index is 0.00518. The number of halogens is 3. The van der Waals surface area contributed by atoms with Gasteiger partial charge in [-0.25, -0.2) is 14.5 Å². The van der Waals surface area contributed by atoms with Gasteiger partial charge in [0, 0.05) is 30.6 Å². The normalized spacial score (nSPS) is 14.4. The smallest absolute Gasteiger partial charge is 0.417 e. The number of alkyl halides is 3. The summed E-state index contributed by atoms with van der Waals surface area (Å²) < 4.78 is 50.2. The molecule has 11 nitrogen and oxygen atoms in total. The van der Waals surface area contributed by atoms with Crippen LogP contribution in [0.3, 0.4) is 0 Å². The number of pyridine rings is 1. The molecule has 0 saturated carbocycles. The number of piperidine rings is 1. The highest BCUT2D eigenvalue weighted by Gasteiger charge is 2.31. The molecule has 1 N–H and O–H groups in total. The molecule has 0 spiro atoms. The zero-order chi connectivity index (χ0) is 26.4. The molecule has 0 atom stereocenters. The van der Waals surface area contributed by atoms with Gasteiger partial charge in [-0.2, -0.15) is 13.2 Å². The number of tetrazole rings is 1. The van der Waals surface area contributed by atoms with Crippen LogP contribution >= 0.6 is 11.8 Å². The van der Waals surface area contributed by atoms with Crippen LogP contribution in [-0.2, 0) is 17.5 Å². The molecule has 3 heterocycles. The van der Waals surface area contributed by atoms with Gasteiger partial charge in [-0.3, -0.25) is 4.79 Å². The molecule has 1 saturated heterocycles. The molecule has 196 valence electrons. The Bertz CT molecular complexity index is 1210. The lowest BCUT2D eigenvalue weighted by Crippen LogP contribution is -2.41. The Labute approximate surface area is 212 Å². The lowest BCUT2D eigenvalue weighted by molar-refractivity contribution is -0.138. The number of carbonyl (C=O) groups is 2. The standard InChI is InChI=1S/C22H21F3N6O5S/c23-22(24,25)14-1-6-18(26-13-14)35-15-2-4-16(5-3-15)36-21(34)30-10-7-17(8-11-30)37-20-27-28-29-31(20)12-9-19(32)33/h1-6,13,17H,7-12H2,(H,32,33). The molecule has 1 aliphatic heterocycles. The molecular formula is C22H21F3N6O5S. The van der Waals surface area contributed by atoms with E-state index in [0.717, 1.165) is 12.1 Å². The fourth-order valence-corrected chi connectivity index (χ4v) is 4.48. The van der Waals surface area contributed by atoms with Gasteiger partial charge in [0.15, 0.2) is 0 Å². The number of rotatable bonds is 8. The monoisotopic (exact) mass is 538 g/mol. The molecule has 0 bridgehead atoms. The minimum atomic E-state index is -4.48. The summed E-state index contributed by atoms with van der Waals surface area (Å²) in [5.41, 5.74) is -0.874. The van der Waals surface area contributed by atoms with E-state index in [1.165, 1.54) is 40.7 Å². The average molecular weight is 539 g/mol. The van der Waals surface area contributed by atoms with Crippen LogP contribution in [-0.4, -0.2) is 65.6 Å². The maximum absolute atomic E-state index is 12.6. The van der Waals surface area contributed by atoms with Crippen molar-refractivity contribution in [1.82, 2.24) is 30.1 Å². The minimum Gasteiger partial charge on any atom is -0.481 e. The Kier molecular flexibility index (Phi) is 8.11. The van der Waals surface area contributed by atoms with Crippen LogP contribution in [0.25, 0.3) is 0 Å². The van der Waals surface area contributed by atoms with Crippen LogP contribution in [0, 0.1) is 0 Å². The summed E-state index contributed by atoms with van der Waals surface area (Å²) in [6.45, 7) is 1.11. The van der Waals surface area contributed by atoms with Gasteiger partial charge in [0.05, 0.1) is 18.5 Å². The van der Waals surface area contributed by atoms with E-state index in [2.05, 4.69) is 20.5 Å². The van der Waals surface area contributed by atoms with Gasteiger partial charge in [0.2, 0.25) is 11.0 Å². The third kappa shape index (κ3) is 7.31. The van der Waals surface area contributed by atoms with Crippen molar-refractivity contribution in [3.05, 3.63) is 48.2 Å². The molecule has 1 aliphatic rings. The van der Waals surface area contributed by atoms with E-state index in [1.54, 1.807) is 4.90 Å². The van der Waals surface area contributed by atoms with E-state index in [-0.39, 0.29) is 29.8 Å². The number of carboxylic acids is 1. The van der Waals surface area contributed by atoms with Crippen molar-refractivity contribution in [3.8, 4) is 17.4 Å². The van der Waals surface area contributed by atoms with Gasteiger partial charge in [-0.05, 0) is 53.6 Å². The van der Waals surface area contributed by atoms with Crippen molar-refractivity contribution in [1.29, 1.82) is 0 Å². The number of likely N-dealkylation sites (tertiary alicyclic amines) is 1. The van der Waals surface area contributed by atoms with Crippen molar-refractivity contribution >= 4 is 23.8 Å². The summed E-state index contributed by atoms with van der Waals surface area (Å²) in [4.78, 5) is 28.6. The van der Waals surface area contributed by atoms with E-state index < -0.39 is 23.8 Å². The summed E-state index contributed by atoms with van der Waals surface area (Å²) in [6.07, 6.45) is -3.02. The SMILES string of the molecule is O=C(O)CCn1nnnc1SC1CCN(C(=O)Oc2ccc(Oc3ccc(C(F)(F)F)cn3)cc2)CC1. The van der Waals surface area contributed by atoms with Crippen molar-refractivity contribution in [2.24, 2.45) is 0 Å². The van der Waals surface area contributed by atoms with Crippen molar-refractivity contribution in [2.45, 2.75) is 42.4 Å². The molecule has 37 heavy (non-hydrogen) atoms. The fourth-order valence-electron chi connectivity index (χ4n) is 3.40. The quantitative estimate of drug-likeness (QED) is 0.447. The van der Waals surface area contributed by atoms with Gasteiger partial charge in [0.1, 0.15) is 11.5 Å². The summed E-state index contributed by atoms with van der Waals surface area (Å²) in [7, 11) is 0. The number of benzene rings is 1. The maximum atomic E-state index is 12.6. The first-order valence-electron chi connectivity index (χ1n) is 11.1. The Morgan fingerprint density at radius 3 is 2.41 bits per heavy atom. The first-order valence-corrected chi connectivity index (χ1v) is 12.0. The Balaban J connectivity index is 1.23. The van der Waals surface area contributed by atoms with Crippen molar-refractivity contribution in [2.75, 3.05) is 13.1 Å². The lowest BCUT2D eigenvalue weighted by Gasteiger charge is -2.30. The number of carbonyl (C=O) groups excluding carboxylic acids is 1. The number of carboxylic acid groups (broad SMARTS) is 1. The van der Waals surface area contributed by atoms with Crippen LogP contribution in [0.2, 0.25) is 0 Å². The lowest BCUT2D eigenvalue weighted by atomic mass is 10.1. The van der Waals surface area contributed by atoms with Crippen LogP contribution in [0.1, 0.15) is 24.8 Å². The summed E-state index contributed by atoms with van der Waals surface area (Å²) in [5, 5.41) is 20.9. The van der Waals surface area contributed by atoms with Crippen molar-refractivity contribution in [3.63, 3.8) is 0 Å². The Morgan fingerprint density at radius 1 is 1.08 bits per heavy atom. The molecule has 0 aliphatic carbocycles. The number of ether oxygens (including phenoxy) is 2. The number of thioether (sulfide) groups is 1. The van der Waals surface area contributed by atoms with E-state index in [4.69, 9.17) is 14.6 Å². The topological polar surface area (TPSA) is 133 Å². The second kappa shape index (κ2) is 11.5. The molecule has 0 radical (unpaired) electrons. The molecule has 3 aromatic rings. The largest absolute Gasteiger partial charge is 0.481 e. The highest BCUT2D eigenvalue weighted by atomic mass is 32.2. The summed E-state index contributed by atoms with van der Waals surface area (Å²) >= 11 is 1.45. The first kappa shape index (κ1) is 26.2. The predicted octanol–water partition coefficient (Wildman–Crippen LogP) is 4.11. The third-order valence-electron chi connectivity index (χ3n) is 5.32. The highest BCUT2D eigenvalue weighted by molar-refractivity contribution is 7.99. The predicted molar refractivity (Wildman–Crippen MR) is 122 cm³/mol. The van der Waals surface area contributed by atoms with Crippen LogP contribution in [0.15, 0.2) is 47.8 Å². The van der Waals surface area contributed by atoms with E-state index in [0.29, 0.717) is 43.0 Å². The molecular weight excluding hydrogens is 517 g/mol. The molecule has 1 amide bonds. The third-order valence-corrected chi connectivity index (χ3v) is 6.63. The maximum Gasteiger partial charge on any atom is 0.417 e. The number of amides is 1. The summed E-state index contributed by atoms with van der Waals surface area (Å²) in [5.74, 6) is -0.339. The number of aryl methyl sites for hydroxylation is 1. The second-order valence-corrected chi connectivity index (χ2v) is 9.22. The van der Waals surface area contributed by atoms with Gasteiger partial charge in [0.25, 0.3) is 0 Å². The van der Waals surface area contributed by atoms with Crippen LogP contribution < -0.4 is 9.47 Å². The molecule has 1 aromatic carbocycles. The molecule has 1 fully saturated rings. The van der Waals surface area contributed by atoms with Gasteiger partial charge < -0.3 is 19.5 Å². The molecule has 2 aromatic heterocycles. The average Bonchev–Trinajstić information content (AvgIpc) is 3.31. The molecule has 15 heteroatoms. The fraction of sp³-hybridized carbons (Fsp3) is 0.364. The van der Waals surface area contributed by atoms with Crippen LogP contribution in [0.5, 0.6) is 17.4 Å². The van der Waals surface area contributed by atoms with E-state index >= 15 is 0 Å². The number of hydrogen-bond donors (Lipinski definition) is 1. The highest BCUT2D eigenvalue weighted by Crippen LogP contribution is 2.31. The number of hydrogen-bond acceptors (Lipinski definition) is 9. The van der Waals surface area contributed by atoms with Gasteiger partial charge >= 0.3 is 18.2 Å². The van der Waals surface area contributed by atoms with Crippen LogP contribution in [0.4, 0.5) is 18.0 Å². The van der Waals surface area contributed by atoms with Gasteiger partial charge in [-0.15, -0.1) is 5.10 Å². The summed E-state index contributed by atoms with van der Waals surface area (Å²) in [6, 6.07) is 8.04. The van der Waals surface area contributed by atoms with E-state index in [9.17, 15) is 22.8 Å². The Hall–Kier alpha value is -3.88. The molecule has 4 rings (SSSR count). The zero-order valence-corrected chi connectivity index (χ0v) is 20.0. The first-order chi connectivity index (χ1) is 17.7. The van der Waals surface area contributed by atoms with Crippen molar-refractivity contribution < 1.29 is 37.3 Å². The van der Waals surface area contributed by atoms with E-state index in [1.807, 2.05) is 0 Å². The number of nitrogens with zero attached hydrogens (tertiary/aromatic N) is 6. The zero-order valence-electron chi connectivity index (χ0n) is 19.2. The number of aliphatic carboxylic acids is 1. The molecule has 0 unspecified atom stereocenters.